The highest BCUT2D eigenvalue weighted by Crippen LogP contribution is 2.31. The summed E-state index contributed by atoms with van der Waals surface area (Å²) in [6.45, 7) is 4.25. The summed E-state index contributed by atoms with van der Waals surface area (Å²) in [6.07, 6.45) is 2.00. The predicted octanol–water partition coefficient (Wildman–Crippen LogP) is 3.13. The van der Waals surface area contributed by atoms with Crippen molar-refractivity contribution in [3.8, 4) is 5.75 Å². The molecule has 25 heavy (non-hydrogen) atoms. The van der Waals surface area contributed by atoms with E-state index < -0.39 is 0 Å². The fourth-order valence-corrected chi connectivity index (χ4v) is 2.81. The normalized spacial score (nSPS) is 15.6. The molecule has 126 valence electrons. The van der Waals surface area contributed by atoms with Gasteiger partial charge < -0.3 is 15.4 Å². The molecule has 0 atom stereocenters. The summed E-state index contributed by atoms with van der Waals surface area (Å²) < 4.78 is 5.55. The van der Waals surface area contributed by atoms with Gasteiger partial charge in [0.05, 0.1) is 11.3 Å². The van der Waals surface area contributed by atoms with E-state index in [0.717, 1.165) is 18.5 Å². The van der Waals surface area contributed by atoms with E-state index in [1.54, 1.807) is 42.5 Å². The lowest BCUT2D eigenvalue weighted by molar-refractivity contribution is 0.0939. The van der Waals surface area contributed by atoms with Crippen LogP contribution >= 0.6 is 0 Å². The lowest BCUT2D eigenvalue weighted by atomic mass is 9.97. The van der Waals surface area contributed by atoms with Gasteiger partial charge in [0.2, 0.25) is 0 Å². The number of carbonyl (C=O) groups is 2. The average Bonchev–Trinajstić information content (AvgIpc) is 3.44. The second-order valence-electron chi connectivity index (χ2n) is 6.35. The fourth-order valence-electron chi connectivity index (χ4n) is 2.81. The van der Waals surface area contributed by atoms with E-state index in [4.69, 9.17) is 4.74 Å². The zero-order valence-electron chi connectivity index (χ0n) is 13.7. The second kappa shape index (κ2) is 6.09. The average molecular weight is 334 g/mol. The summed E-state index contributed by atoms with van der Waals surface area (Å²) in [5.74, 6) is 0.297. The van der Waals surface area contributed by atoms with Crippen LogP contribution < -0.4 is 15.4 Å². The molecule has 0 saturated heterocycles. The molecule has 1 aliphatic heterocycles. The van der Waals surface area contributed by atoms with E-state index >= 15 is 0 Å². The molecule has 5 nitrogen and oxygen atoms in total. The Hall–Kier alpha value is -3.08. The molecule has 1 amide bonds. The van der Waals surface area contributed by atoms with E-state index in [9.17, 15) is 9.59 Å². The number of ketones is 1. The molecule has 2 aromatic carbocycles. The van der Waals surface area contributed by atoms with Gasteiger partial charge >= 0.3 is 0 Å². The Bertz CT molecular complexity index is 884. The molecule has 2 aromatic rings. The Balaban J connectivity index is 1.66. The van der Waals surface area contributed by atoms with E-state index in [1.165, 1.54) is 0 Å². The number of anilines is 1. The molecule has 2 N–H and O–H groups in total. The maximum Gasteiger partial charge on any atom is 0.252 e. The molecular weight excluding hydrogens is 316 g/mol. The maximum absolute atomic E-state index is 13.0. The monoisotopic (exact) mass is 334 g/mol. The first kappa shape index (κ1) is 15.4. The highest BCUT2D eigenvalue weighted by atomic mass is 16.5. The fraction of sp³-hybridized carbons (Fsp3) is 0.200. The quantitative estimate of drug-likeness (QED) is 0.843. The topological polar surface area (TPSA) is 67.4 Å². The third-order valence-electron chi connectivity index (χ3n) is 4.28. The summed E-state index contributed by atoms with van der Waals surface area (Å²) in [7, 11) is 0. The molecule has 0 unspecified atom stereocenters. The molecule has 0 aromatic heterocycles. The zero-order chi connectivity index (χ0) is 17.4. The number of rotatable bonds is 4. The summed E-state index contributed by atoms with van der Waals surface area (Å²) in [5, 5.41) is 6.06. The van der Waals surface area contributed by atoms with Crippen LogP contribution in [0, 0.1) is 0 Å². The Kier molecular flexibility index (Phi) is 3.76. The Morgan fingerprint density at radius 1 is 1.12 bits per heavy atom. The molecule has 5 heteroatoms. The minimum absolute atomic E-state index is 0.192. The van der Waals surface area contributed by atoms with Gasteiger partial charge in [0.15, 0.2) is 5.78 Å². The number of nitrogens with one attached hydrogen (secondary N) is 2. The SMILES string of the molecule is C=C1COc2ccc(C(=O)c3ccccc3C(=O)NC3CC3)cc2N1. The van der Waals surface area contributed by atoms with Crippen LogP contribution in [0.1, 0.15) is 39.1 Å². The van der Waals surface area contributed by atoms with Gasteiger partial charge in [-0.3, -0.25) is 9.59 Å². The molecule has 1 heterocycles. The molecule has 2 aliphatic rings. The first-order valence-electron chi connectivity index (χ1n) is 8.28. The van der Waals surface area contributed by atoms with E-state index in [2.05, 4.69) is 17.2 Å². The Morgan fingerprint density at radius 3 is 2.64 bits per heavy atom. The minimum atomic E-state index is -0.195. The van der Waals surface area contributed by atoms with Crippen molar-refractivity contribution in [1.29, 1.82) is 0 Å². The van der Waals surface area contributed by atoms with Crippen molar-refractivity contribution < 1.29 is 14.3 Å². The molecule has 1 fully saturated rings. The lowest BCUT2D eigenvalue weighted by Gasteiger charge is -2.21. The molecular formula is C20H18N2O3. The van der Waals surface area contributed by atoms with Crippen LogP contribution in [0.3, 0.4) is 0 Å². The van der Waals surface area contributed by atoms with Gasteiger partial charge in [-0.15, -0.1) is 0 Å². The van der Waals surface area contributed by atoms with E-state index in [-0.39, 0.29) is 17.7 Å². The van der Waals surface area contributed by atoms with Crippen LogP contribution in [0.5, 0.6) is 5.75 Å². The number of fused-ring (bicyclic) bond motifs is 1. The number of benzene rings is 2. The van der Waals surface area contributed by atoms with Gasteiger partial charge in [0, 0.05) is 22.9 Å². The zero-order valence-corrected chi connectivity index (χ0v) is 13.7. The van der Waals surface area contributed by atoms with Crippen LogP contribution in [0.4, 0.5) is 5.69 Å². The number of hydrogen-bond acceptors (Lipinski definition) is 4. The summed E-state index contributed by atoms with van der Waals surface area (Å²) >= 11 is 0. The molecule has 0 bridgehead atoms. The molecule has 4 rings (SSSR count). The van der Waals surface area contributed by atoms with Crippen molar-refractivity contribution in [2.75, 3.05) is 11.9 Å². The van der Waals surface area contributed by atoms with Gasteiger partial charge in [0.1, 0.15) is 12.4 Å². The number of ether oxygens (including phenoxy) is 1. The minimum Gasteiger partial charge on any atom is -0.485 e. The van der Waals surface area contributed by atoms with Gasteiger partial charge in [-0.1, -0.05) is 24.8 Å². The van der Waals surface area contributed by atoms with Crippen LogP contribution in [0.15, 0.2) is 54.7 Å². The van der Waals surface area contributed by atoms with Crippen LogP contribution in [-0.2, 0) is 0 Å². The van der Waals surface area contributed by atoms with Crippen molar-refractivity contribution in [2.45, 2.75) is 18.9 Å². The third kappa shape index (κ3) is 3.13. The summed E-state index contributed by atoms with van der Waals surface area (Å²) in [6, 6.07) is 12.4. The molecule has 1 aliphatic carbocycles. The van der Waals surface area contributed by atoms with E-state index in [1.807, 2.05) is 0 Å². The standard InChI is InChI=1S/C20H18N2O3/c1-12-11-25-18-9-6-13(10-17(18)21-12)19(23)15-4-2-3-5-16(15)20(24)22-14-7-8-14/h2-6,9-10,14,21H,1,7-8,11H2,(H,22,24). The lowest BCUT2D eigenvalue weighted by Crippen LogP contribution is -2.27. The molecule has 0 spiro atoms. The second-order valence-corrected chi connectivity index (χ2v) is 6.35. The summed E-state index contributed by atoms with van der Waals surface area (Å²) in [5.41, 5.74) is 2.75. The first-order valence-corrected chi connectivity index (χ1v) is 8.28. The molecule has 1 saturated carbocycles. The van der Waals surface area contributed by atoms with Crippen molar-refractivity contribution in [1.82, 2.24) is 5.32 Å². The smallest absolute Gasteiger partial charge is 0.252 e. The summed E-state index contributed by atoms with van der Waals surface area (Å²) in [4.78, 5) is 25.4. The number of hydrogen-bond donors (Lipinski definition) is 2. The number of carbonyl (C=O) groups excluding carboxylic acids is 2. The van der Waals surface area contributed by atoms with Crippen molar-refractivity contribution in [3.05, 3.63) is 71.4 Å². The highest BCUT2D eigenvalue weighted by molar-refractivity contribution is 6.15. The largest absolute Gasteiger partial charge is 0.485 e. The van der Waals surface area contributed by atoms with Crippen molar-refractivity contribution >= 4 is 17.4 Å². The first-order chi connectivity index (χ1) is 12.1. The highest BCUT2D eigenvalue weighted by Gasteiger charge is 2.26. The van der Waals surface area contributed by atoms with Crippen LogP contribution in [-0.4, -0.2) is 24.3 Å². The predicted molar refractivity (Wildman–Crippen MR) is 95.1 cm³/mol. The van der Waals surface area contributed by atoms with Gasteiger partial charge in [0.25, 0.3) is 5.91 Å². The van der Waals surface area contributed by atoms with Crippen LogP contribution in [0.25, 0.3) is 0 Å². The van der Waals surface area contributed by atoms with Gasteiger partial charge in [-0.25, -0.2) is 0 Å². The Labute approximate surface area is 145 Å². The van der Waals surface area contributed by atoms with Gasteiger partial charge in [-0.05, 0) is 37.1 Å². The number of amides is 1. The van der Waals surface area contributed by atoms with Crippen LogP contribution in [0.2, 0.25) is 0 Å². The van der Waals surface area contributed by atoms with Crippen molar-refractivity contribution in [2.24, 2.45) is 0 Å². The maximum atomic E-state index is 13.0. The van der Waals surface area contributed by atoms with E-state index in [0.29, 0.717) is 34.7 Å². The molecule has 0 radical (unpaired) electrons. The Morgan fingerprint density at radius 2 is 1.88 bits per heavy atom. The van der Waals surface area contributed by atoms with Gasteiger partial charge in [-0.2, -0.15) is 0 Å². The third-order valence-corrected chi connectivity index (χ3v) is 4.28. The van der Waals surface area contributed by atoms with Crippen molar-refractivity contribution in [3.63, 3.8) is 0 Å².